The number of benzene rings is 5. The van der Waals surface area contributed by atoms with E-state index in [1.807, 2.05) is 6.26 Å². The summed E-state index contributed by atoms with van der Waals surface area (Å²) >= 11 is 13.4. The number of rotatable bonds is 11. The molecule has 5 aromatic carbocycles. The molecule has 4 amide bonds. The van der Waals surface area contributed by atoms with Gasteiger partial charge < -0.3 is 20.1 Å². The number of carbonyl (C=O) groups excluding carboxylic acids is 4. The molecule has 2 unspecified atom stereocenters. The molecular weight excluding hydrogens is 974 g/mol. The Morgan fingerprint density at radius 2 is 1.03 bits per heavy atom. The summed E-state index contributed by atoms with van der Waals surface area (Å²) in [6.07, 6.45) is -7.15. The van der Waals surface area contributed by atoms with Gasteiger partial charge in [-0.2, -0.15) is 48.3 Å². The van der Waals surface area contributed by atoms with Gasteiger partial charge in [0.2, 0.25) is 0 Å². The first kappa shape index (κ1) is 51.8. The van der Waals surface area contributed by atoms with Crippen LogP contribution in [0.5, 0.6) is 0 Å². The summed E-state index contributed by atoms with van der Waals surface area (Å²) in [5.41, 5.74) is -1.65. The van der Waals surface area contributed by atoms with Crippen LogP contribution in [-0.2, 0) is 36.8 Å². The standard InChI is InChI=1S/C26H21ClF3N3O3.C22H21ClF3N3O3S/c1-2-36-23(34)25(18-6-4-3-5-7-18)16-33(32-22(25)17-8-12-20(27)13-9-17)24(35)31-21-14-10-19(11-15-21)26(28,29)30;1-3-32-19(30)21(13-33-2)12-29(28-18(21)14-4-8-16(23)9-5-14)20(31)27-17-10-6-15(7-11-17)22(24,25)26/h3-15H,2,16H2,1H3,(H,31,35);4-11H,3,12-13H2,1-2H3,(H,27,31). The Kier molecular flexibility index (Phi) is 16.4. The Labute approximate surface area is 406 Å². The van der Waals surface area contributed by atoms with E-state index >= 15 is 0 Å². The zero-order valence-electron chi connectivity index (χ0n) is 36.8. The Balaban J connectivity index is 0.000000228. The van der Waals surface area contributed by atoms with E-state index in [1.54, 1.807) is 92.7 Å². The fourth-order valence-corrected chi connectivity index (χ4v) is 8.50. The molecule has 0 saturated carbocycles. The van der Waals surface area contributed by atoms with Gasteiger partial charge in [-0.25, -0.2) is 19.6 Å². The molecule has 2 aliphatic rings. The van der Waals surface area contributed by atoms with Crippen LogP contribution in [0, 0.1) is 5.41 Å². The largest absolute Gasteiger partial charge is 0.465 e. The Bertz CT molecular complexity index is 2700. The number of urea groups is 2. The maximum absolute atomic E-state index is 13.5. The number of hydrogen-bond donors (Lipinski definition) is 2. The average Bonchev–Trinajstić information content (AvgIpc) is 3.92. The van der Waals surface area contributed by atoms with E-state index in [2.05, 4.69) is 20.8 Å². The third-order valence-electron chi connectivity index (χ3n) is 10.7. The topological polar surface area (TPSA) is 142 Å². The number of esters is 2. The number of nitrogens with one attached hydrogen (secondary N) is 2. The lowest BCUT2D eigenvalue weighted by molar-refractivity contribution is -0.150. The normalized spacial score (nSPS) is 17.8. The number of thioether (sulfide) groups is 1. The van der Waals surface area contributed by atoms with Gasteiger partial charge in [0.25, 0.3) is 0 Å². The van der Waals surface area contributed by atoms with Crippen LogP contribution < -0.4 is 10.6 Å². The molecule has 0 saturated heterocycles. The van der Waals surface area contributed by atoms with Crippen molar-refractivity contribution in [3.63, 3.8) is 0 Å². The van der Waals surface area contributed by atoms with E-state index in [1.165, 1.54) is 11.8 Å². The monoisotopic (exact) mass is 1010 g/mol. The molecule has 2 aliphatic heterocycles. The minimum atomic E-state index is -4.50. The Morgan fingerprint density at radius 1 is 0.609 bits per heavy atom. The fourth-order valence-electron chi connectivity index (χ4n) is 7.41. The number of carbonyl (C=O) groups is 4. The smallest absolute Gasteiger partial charge is 0.416 e. The van der Waals surface area contributed by atoms with Crippen molar-refractivity contribution in [2.75, 3.05) is 48.9 Å². The Hall–Kier alpha value is -6.57. The number of ether oxygens (including phenoxy) is 2. The highest BCUT2D eigenvalue weighted by Gasteiger charge is 2.54. The van der Waals surface area contributed by atoms with Gasteiger partial charge >= 0.3 is 36.4 Å². The second-order valence-electron chi connectivity index (χ2n) is 15.3. The van der Waals surface area contributed by atoms with Crippen molar-refractivity contribution in [3.8, 4) is 0 Å². The zero-order valence-corrected chi connectivity index (χ0v) is 39.2. The minimum absolute atomic E-state index is 0.0862. The van der Waals surface area contributed by atoms with Crippen molar-refractivity contribution in [2.45, 2.75) is 31.6 Å². The predicted octanol–water partition coefficient (Wildman–Crippen LogP) is 11.6. The number of hydrogen-bond acceptors (Lipinski definition) is 9. The molecule has 2 heterocycles. The lowest BCUT2D eigenvalue weighted by Crippen LogP contribution is -2.48. The molecule has 362 valence electrons. The molecule has 0 bridgehead atoms. The van der Waals surface area contributed by atoms with E-state index in [0.717, 1.165) is 58.5 Å². The molecule has 69 heavy (non-hydrogen) atoms. The fraction of sp³-hybridized carbons (Fsp3) is 0.250. The van der Waals surface area contributed by atoms with Crippen molar-refractivity contribution in [3.05, 3.63) is 165 Å². The van der Waals surface area contributed by atoms with Crippen molar-refractivity contribution in [1.82, 2.24) is 10.0 Å². The second-order valence-corrected chi connectivity index (χ2v) is 17.0. The summed E-state index contributed by atoms with van der Waals surface area (Å²) in [5, 5.41) is 17.1. The van der Waals surface area contributed by atoms with Crippen LogP contribution in [0.1, 0.15) is 41.7 Å². The molecule has 0 aromatic heterocycles. The van der Waals surface area contributed by atoms with Crippen LogP contribution >= 0.6 is 35.0 Å². The lowest BCUT2D eigenvalue weighted by Gasteiger charge is -2.29. The molecule has 0 radical (unpaired) electrons. The third-order valence-corrected chi connectivity index (χ3v) is 12.0. The van der Waals surface area contributed by atoms with Crippen molar-refractivity contribution < 1.29 is 55.0 Å². The van der Waals surface area contributed by atoms with E-state index in [-0.39, 0.29) is 43.4 Å². The molecule has 7 rings (SSSR count). The van der Waals surface area contributed by atoms with Crippen LogP contribution in [-0.4, -0.2) is 83.8 Å². The highest BCUT2D eigenvalue weighted by Crippen LogP contribution is 2.39. The van der Waals surface area contributed by atoms with Crippen LogP contribution in [0.15, 0.2) is 138 Å². The summed E-state index contributed by atoms with van der Waals surface area (Å²) in [5.74, 6) is -0.801. The second kappa shape index (κ2) is 21.8. The summed E-state index contributed by atoms with van der Waals surface area (Å²) in [6.45, 7) is 3.37. The number of alkyl halides is 6. The van der Waals surface area contributed by atoms with E-state index in [9.17, 15) is 45.5 Å². The maximum atomic E-state index is 13.5. The summed E-state index contributed by atoms with van der Waals surface area (Å²) in [7, 11) is 0. The summed E-state index contributed by atoms with van der Waals surface area (Å²) in [4.78, 5) is 52.6. The van der Waals surface area contributed by atoms with Crippen molar-refractivity contribution >= 4 is 81.8 Å². The van der Waals surface area contributed by atoms with Gasteiger partial charge in [0, 0.05) is 27.2 Å². The number of halogens is 8. The van der Waals surface area contributed by atoms with Crippen molar-refractivity contribution in [2.24, 2.45) is 15.6 Å². The molecule has 0 fully saturated rings. The van der Waals surface area contributed by atoms with Gasteiger partial charge in [-0.15, -0.1) is 0 Å². The first-order valence-electron chi connectivity index (χ1n) is 20.9. The zero-order chi connectivity index (χ0) is 50.1. The van der Waals surface area contributed by atoms with Gasteiger partial charge in [-0.3, -0.25) is 9.59 Å². The quantitative estimate of drug-likeness (QED) is 0.0991. The highest BCUT2D eigenvalue weighted by molar-refractivity contribution is 7.98. The molecule has 5 aromatic rings. The number of nitrogens with zero attached hydrogens (tertiary/aromatic N) is 4. The van der Waals surface area contributed by atoms with Gasteiger partial charge in [0.15, 0.2) is 5.41 Å². The molecule has 21 heteroatoms. The third kappa shape index (κ3) is 11.8. The lowest BCUT2D eigenvalue weighted by atomic mass is 9.74. The first-order valence-corrected chi connectivity index (χ1v) is 23.0. The van der Waals surface area contributed by atoms with E-state index < -0.39 is 58.3 Å². The van der Waals surface area contributed by atoms with E-state index in [4.69, 9.17) is 32.7 Å². The van der Waals surface area contributed by atoms with Gasteiger partial charge in [0.1, 0.15) is 5.41 Å². The summed E-state index contributed by atoms with van der Waals surface area (Å²) < 4.78 is 87.8. The minimum Gasteiger partial charge on any atom is -0.465 e. The van der Waals surface area contributed by atoms with Gasteiger partial charge in [0.05, 0.1) is 48.9 Å². The summed E-state index contributed by atoms with van der Waals surface area (Å²) in [6, 6.07) is 28.9. The maximum Gasteiger partial charge on any atom is 0.416 e. The molecule has 12 nitrogen and oxygen atoms in total. The highest BCUT2D eigenvalue weighted by atomic mass is 35.5. The first-order chi connectivity index (χ1) is 32.7. The van der Waals surface area contributed by atoms with Crippen molar-refractivity contribution in [1.29, 1.82) is 0 Å². The molecule has 2 N–H and O–H groups in total. The Morgan fingerprint density at radius 3 is 1.46 bits per heavy atom. The van der Waals surface area contributed by atoms with Crippen LogP contribution in [0.25, 0.3) is 0 Å². The molecule has 0 aliphatic carbocycles. The molecular formula is C48H42Cl2F6N6O6S. The van der Waals surface area contributed by atoms with Gasteiger partial charge in [-0.1, -0.05) is 77.8 Å². The van der Waals surface area contributed by atoms with E-state index in [0.29, 0.717) is 38.2 Å². The predicted molar refractivity (Wildman–Crippen MR) is 253 cm³/mol. The van der Waals surface area contributed by atoms with Crippen LogP contribution in [0.4, 0.5) is 47.3 Å². The SMILES string of the molecule is CCOC(=O)C1(CSC)CN(C(=O)Nc2ccc(C(F)(F)F)cc2)N=C1c1ccc(Cl)cc1.CCOC(=O)C1(c2ccccc2)CN(C(=O)Nc2ccc(C(F)(F)F)cc2)N=C1c1ccc(Cl)cc1. The van der Waals surface area contributed by atoms with Crippen LogP contribution in [0.2, 0.25) is 10.0 Å². The molecule has 2 atom stereocenters. The number of amides is 4. The number of hydrazone groups is 2. The van der Waals surface area contributed by atoms with Crippen LogP contribution in [0.3, 0.4) is 0 Å². The average molecular weight is 1020 g/mol. The molecule has 0 spiro atoms. The number of anilines is 2. The van der Waals surface area contributed by atoms with Gasteiger partial charge in [-0.05, 0) is 110 Å².